The van der Waals surface area contributed by atoms with E-state index in [0.717, 1.165) is 11.1 Å². The van der Waals surface area contributed by atoms with E-state index in [4.69, 9.17) is 11.6 Å². The molecule has 4 rings (SSSR count). The number of halogens is 1. The molecule has 26 heavy (non-hydrogen) atoms. The van der Waals surface area contributed by atoms with Gasteiger partial charge in [-0.25, -0.2) is 9.79 Å². The number of hydrogen-bond donors (Lipinski definition) is 3. The minimum atomic E-state index is -0.776. The molecule has 1 aliphatic rings. The Balaban J connectivity index is 1.98. The molecule has 7 heteroatoms. The second kappa shape index (κ2) is 6.16. The highest BCUT2D eigenvalue weighted by Gasteiger charge is 2.23. The molecule has 0 amide bonds. The normalized spacial score (nSPS) is 14.3. The Hall–Kier alpha value is -3.38. The second-order valence-electron chi connectivity index (χ2n) is 5.72. The quantitative estimate of drug-likeness (QED) is 0.650. The maximum absolute atomic E-state index is 12.1. The molecule has 0 radical (unpaired) electrons. The van der Waals surface area contributed by atoms with Crippen LogP contribution in [0.2, 0.25) is 5.02 Å². The standard InChI is InChI=1S/C19H12ClN3O3/c20-11-6-7-15-12(8-11)13(16(21-15)10-4-2-1-3-5-10)9-14-17(24)22-19(26)23-18(14)25/h1-9H,(H3,22,23,24,25,26). The number of hydrogen-bond acceptors (Lipinski definition) is 4. The van der Waals surface area contributed by atoms with Crippen LogP contribution in [0.15, 0.2) is 63.1 Å². The number of fused-ring (bicyclic) bond motifs is 1. The van der Waals surface area contributed by atoms with Gasteiger partial charge in [0.2, 0.25) is 5.88 Å². The fourth-order valence-electron chi connectivity index (χ4n) is 2.85. The third kappa shape index (κ3) is 2.76. The van der Waals surface area contributed by atoms with E-state index in [1.54, 1.807) is 18.2 Å². The van der Waals surface area contributed by atoms with Gasteiger partial charge in [0.15, 0.2) is 0 Å². The molecule has 6 nitrogen and oxygen atoms in total. The number of rotatable bonds is 2. The predicted molar refractivity (Wildman–Crippen MR) is 101 cm³/mol. The highest BCUT2D eigenvalue weighted by molar-refractivity contribution is 6.39. The molecular weight excluding hydrogens is 354 g/mol. The predicted octanol–water partition coefficient (Wildman–Crippen LogP) is 3.10. The molecular formula is C19H12ClN3O3. The minimum Gasteiger partial charge on any atom is -0.494 e. The topological polar surface area (TPSA) is 98.3 Å². The van der Waals surface area contributed by atoms with Crippen molar-refractivity contribution >= 4 is 34.6 Å². The van der Waals surface area contributed by atoms with E-state index in [1.807, 2.05) is 30.3 Å². The monoisotopic (exact) mass is 365 g/mol. The van der Waals surface area contributed by atoms with Crippen LogP contribution in [-0.4, -0.2) is 20.8 Å². The van der Waals surface area contributed by atoms with Gasteiger partial charge >= 0.3 is 5.69 Å². The smallest absolute Gasteiger partial charge is 0.328 e. The van der Waals surface area contributed by atoms with Crippen LogP contribution >= 0.6 is 11.6 Å². The van der Waals surface area contributed by atoms with Crippen LogP contribution < -0.4 is 11.2 Å². The van der Waals surface area contributed by atoms with Gasteiger partial charge in [-0.15, -0.1) is 0 Å². The van der Waals surface area contributed by atoms with Crippen molar-refractivity contribution in [2.24, 2.45) is 4.99 Å². The first kappa shape index (κ1) is 16.1. The number of aliphatic imine (C=N–C) groups is 1. The van der Waals surface area contributed by atoms with Crippen LogP contribution in [0, 0.1) is 0 Å². The van der Waals surface area contributed by atoms with E-state index >= 15 is 0 Å². The Morgan fingerprint density at radius 2 is 1.81 bits per heavy atom. The fourth-order valence-corrected chi connectivity index (χ4v) is 3.03. The number of benzene rings is 2. The molecule has 0 fully saturated rings. The molecule has 0 bridgehead atoms. The van der Waals surface area contributed by atoms with Crippen molar-refractivity contribution in [3.05, 3.63) is 91.1 Å². The summed E-state index contributed by atoms with van der Waals surface area (Å²) in [6, 6.07) is 14.7. The van der Waals surface area contributed by atoms with Gasteiger partial charge in [0.1, 0.15) is 5.56 Å². The fraction of sp³-hybridized carbons (Fsp3) is 0. The van der Waals surface area contributed by atoms with E-state index < -0.39 is 17.1 Å². The van der Waals surface area contributed by atoms with E-state index in [9.17, 15) is 14.7 Å². The lowest BCUT2D eigenvalue weighted by atomic mass is 9.96. The Morgan fingerprint density at radius 1 is 1.04 bits per heavy atom. The summed E-state index contributed by atoms with van der Waals surface area (Å²) in [7, 11) is 0. The molecule has 3 N–H and O–H groups in total. The van der Waals surface area contributed by atoms with Crippen molar-refractivity contribution in [1.82, 2.24) is 9.97 Å². The van der Waals surface area contributed by atoms with Crippen LogP contribution in [0.3, 0.4) is 0 Å². The first-order valence-electron chi connectivity index (χ1n) is 7.74. The Labute approximate surface area is 152 Å². The Bertz CT molecular complexity index is 1190. The summed E-state index contributed by atoms with van der Waals surface area (Å²) in [6.45, 7) is 0. The Morgan fingerprint density at radius 3 is 2.54 bits per heavy atom. The first-order valence-corrected chi connectivity index (χ1v) is 8.12. The number of aromatic amines is 2. The van der Waals surface area contributed by atoms with Crippen LogP contribution in [0.5, 0.6) is 5.88 Å². The van der Waals surface area contributed by atoms with Crippen LogP contribution in [0.25, 0.3) is 11.6 Å². The molecule has 2 aromatic carbocycles. The summed E-state index contributed by atoms with van der Waals surface area (Å²) in [5.74, 6) is -0.505. The maximum Gasteiger partial charge on any atom is 0.328 e. The van der Waals surface area contributed by atoms with Gasteiger partial charge in [-0.1, -0.05) is 41.9 Å². The van der Waals surface area contributed by atoms with Crippen molar-refractivity contribution in [2.45, 2.75) is 0 Å². The summed E-state index contributed by atoms with van der Waals surface area (Å²) in [4.78, 5) is 32.3. The number of H-pyrrole nitrogens is 2. The lowest BCUT2D eigenvalue weighted by Gasteiger charge is -2.07. The lowest BCUT2D eigenvalue weighted by Crippen LogP contribution is -2.23. The molecule has 0 unspecified atom stereocenters. The van der Waals surface area contributed by atoms with Gasteiger partial charge in [-0.05, 0) is 24.3 Å². The lowest BCUT2D eigenvalue weighted by molar-refractivity contribution is 0.447. The molecule has 0 saturated carbocycles. The molecule has 0 spiro atoms. The van der Waals surface area contributed by atoms with Gasteiger partial charge in [-0.2, -0.15) is 0 Å². The average Bonchev–Trinajstić information content (AvgIpc) is 2.96. The van der Waals surface area contributed by atoms with E-state index in [2.05, 4.69) is 15.0 Å². The zero-order chi connectivity index (χ0) is 18.3. The SMILES string of the molecule is O=c1[nH]c(O)c(C=C2C(c3ccccc3)=Nc3ccc(Cl)cc32)c(=O)[nH]1. The molecule has 1 aliphatic heterocycles. The van der Waals surface area contributed by atoms with Gasteiger partial charge in [-0.3, -0.25) is 14.8 Å². The number of allylic oxidation sites excluding steroid dienone is 1. The molecule has 0 atom stereocenters. The zero-order valence-corrected chi connectivity index (χ0v) is 14.0. The van der Waals surface area contributed by atoms with Gasteiger partial charge < -0.3 is 5.11 Å². The number of nitrogens with zero attached hydrogens (tertiary/aromatic N) is 1. The second-order valence-corrected chi connectivity index (χ2v) is 6.15. The van der Waals surface area contributed by atoms with Gasteiger partial charge in [0.05, 0.1) is 11.4 Å². The van der Waals surface area contributed by atoms with Gasteiger partial charge in [0, 0.05) is 21.7 Å². The average molecular weight is 366 g/mol. The van der Waals surface area contributed by atoms with Crippen LogP contribution in [-0.2, 0) is 0 Å². The summed E-state index contributed by atoms with van der Waals surface area (Å²) in [6.07, 6.45) is 1.50. The number of aromatic hydroxyl groups is 1. The number of aromatic nitrogens is 2. The van der Waals surface area contributed by atoms with Crippen LogP contribution in [0.4, 0.5) is 5.69 Å². The van der Waals surface area contributed by atoms with Crippen LogP contribution in [0.1, 0.15) is 16.7 Å². The third-order valence-electron chi connectivity index (χ3n) is 4.03. The highest BCUT2D eigenvalue weighted by atomic mass is 35.5. The van der Waals surface area contributed by atoms with Crippen molar-refractivity contribution in [3.8, 4) is 5.88 Å². The van der Waals surface area contributed by atoms with Crippen molar-refractivity contribution in [3.63, 3.8) is 0 Å². The van der Waals surface area contributed by atoms with Gasteiger partial charge in [0.25, 0.3) is 5.56 Å². The van der Waals surface area contributed by atoms with E-state index in [1.165, 1.54) is 6.08 Å². The molecule has 0 saturated heterocycles. The molecule has 3 aromatic rings. The van der Waals surface area contributed by atoms with E-state index in [0.29, 0.717) is 22.0 Å². The van der Waals surface area contributed by atoms with E-state index in [-0.39, 0.29) is 5.56 Å². The summed E-state index contributed by atoms with van der Waals surface area (Å²) in [5.41, 5.74) is 2.04. The van der Waals surface area contributed by atoms with Crippen molar-refractivity contribution < 1.29 is 5.11 Å². The summed E-state index contributed by atoms with van der Waals surface area (Å²) < 4.78 is 0. The molecule has 1 aromatic heterocycles. The number of nitrogens with one attached hydrogen (secondary N) is 2. The summed E-state index contributed by atoms with van der Waals surface area (Å²) >= 11 is 6.13. The first-order chi connectivity index (χ1) is 12.5. The molecule has 0 aliphatic carbocycles. The third-order valence-corrected chi connectivity index (χ3v) is 4.27. The van der Waals surface area contributed by atoms with Crippen molar-refractivity contribution in [2.75, 3.05) is 0 Å². The summed E-state index contributed by atoms with van der Waals surface area (Å²) in [5, 5.41) is 10.5. The zero-order valence-electron chi connectivity index (χ0n) is 13.3. The molecule has 128 valence electrons. The largest absolute Gasteiger partial charge is 0.494 e. The molecule has 2 heterocycles. The Kier molecular flexibility index (Phi) is 3.82. The highest BCUT2D eigenvalue weighted by Crippen LogP contribution is 2.39. The maximum atomic E-state index is 12.1. The minimum absolute atomic E-state index is 0.0592. The van der Waals surface area contributed by atoms with Crippen molar-refractivity contribution in [1.29, 1.82) is 0 Å².